The van der Waals surface area contributed by atoms with Gasteiger partial charge in [-0.05, 0) is 44.2 Å². The molecule has 10 heteroatoms. The highest BCUT2D eigenvalue weighted by Gasteiger charge is 2.30. The third kappa shape index (κ3) is 4.15. The molecule has 21 heavy (non-hydrogen) atoms. The molecule has 0 saturated heterocycles. The molecule has 4 N–H and O–H groups in total. The Hall–Kier alpha value is -0.710. The minimum absolute atomic E-state index is 0. The summed E-state index contributed by atoms with van der Waals surface area (Å²) in [5.41, 5.74) is 5.60. The fourth-order valence-corrected chi connectivity index (χ4v) is 3.95. The van der Waals surface area contributed by atoms with E-state index in [4.69, 9.17) is 5.73 Å². The summed E-state index contributed by atoms with van der Waals surface area (Å²) in [4.78, 5) is 0.0534. The van der Waals surface area contributed by atoms with Crippen LogP contribution in [0, 0.1) is 0 Å². The molecule has 1 aromatic rings. The number of halogens is 1. The number of hydrogen-bond donors (Lipinski definition) is 3. The summed E-state index contributed by atoms with van der Waals surface area (Å²) >= 11 is 0. The fraction of sp³-hybridized carbons (Fsp3) is 0.455. The van der Waals surface area contributed by atoms with E-state index in [-0.39, 0.29) is 34.3 Å². The Balaban J connectivity index is 0.00000220. The molecular formula is C11H18ClN3O4S2. The number of sulfonamides is 2. The first-order chi connectivity index (χ1) is 9.24. The van der Waals surface area contributed by atoms with E-state index in [0.29, 0.717) is 12.8 Å². The van der Waals surface area contributed by atoms with Crippen molar-refractivity contribution in [3.8, 4) is 0 Å². The highest BCUT2D eigenvalue weighted by molar-refractivity contribution is 7.90. The molecule has 0 spiro atoms. The minimum Gasteiger partial charge on any atom is -0.328 e. The summed E-state index contributed by atoms with van der Waals surface area (Å²) in [5, 5.41) is 0. The predicted molar refractivity (Wildman–Crippen MR) is 81.3 cm³/mol. The van der Waals surface area contributed by atoms with Crippen LogP contribution in [0.1, 0.15) is 12.8 Å². The first-order valence-corrected chi connectivity index (χ1v) is 9.03. The van der Waals surface area contributed by atoms with Crippen LogP contribution in [0.4, 0.5) is 0 Å². The maximum Gasteiger partial charge on any atom is 0.240 e. The lowest BCUT2D eigenvalue weighted by molar-refractivity contribution is 0.327. The Bertz CT molecular complexity index is 683. The number of nitrogens with one attached hydrogen (secondary N) is 2. The molecule has 0 unspecified atom stereocenters. The van der Waals surface area contributed by atoms with Crippen LogP contribution in [0.25, 0.3) is 0 Å². The molecule has 1 saturated carbocycles. The summed E-state index contributed by atoms with van der Waals surface area (Å²) in [6.07, 6.45) is 1.23. The van der Waals surface area contributed by atoms with Crippen LogP contribution in [-0.4, -0.2) is 36.0 Å². The molecular weight excluding hydrogens is 338 g/mol. The van der Waals surface area contributed by atoms with Gasteiger partial charge in [0.15, 0.2) is 0 Å². The lowest BCUT2D eigenvalue weighted by Crippen LogP contribution is -2.50. The van der Waals surface area contributed by atoms with E-state index in [1.807, 2.05) is 0 Å². The highest BCUT2D eigenvalue weighted by Crippen LogP contribution is 2.21. The third-order valence-corrected chi connectivity index (χ3v) is 6.18. The van der Waals surface area contributed by atoms with E-state index in [9.17, 15) is 16.8 Å². The molecule has 1 aromatic carbocycles. The number of benzene rings is 1. The van der Waals surface area contributed by atoms with Crippen LogP contribution < -0.4 is 15.2 Å². The van der Waals surface area contributed by atoms with Crippen LogP contribution in [-0.2, 0) is 20.0 Å². The van der Waals surface area contributed by atoms with Crippen molar-refractivity contribution in [1.82, 2.24) is 9.44 Å². The predicted octanol–water partition coefficient (Wildman–Crippen LogP) is -0.215. The van der Waals surface area contributed by atoms with Gasteiger partial charge in [-0.1, -0.05) is 0 Å². The molecule has 0 aliphatic heterocycles. The molecule has 1 aliphatic carbocycles. The van der Waals surface area contributed by atoms with E-state index >= 15 is 0 Å². The Morgan fingerprint density at radius 2 is 1.43 bits per heavy atom. The Labute approximate surface area is 130 Å². The van der Waals surface area contributed by atoms with Crippen molar-refractivity contribution in [2.24, 2.45) is 5.73 Å². The van der Waals surface area contributed by atoms with Crippen molar-refractivity contribution in [3.63, 3.8) is 0 Å². The van der Waals surface area contributed by atoms with Crippen LogP contribution in [0.15, 0.2) is 34.1 Å². The molecule has 0 heterocycles. The maximum absolute atomic E-state index is 12.1. The summed E-state index contributed by atoms with van der Waals surface area (Å²) in [5.74, 6) is 0. The van der Waals surface area contributed by atoms with Gasteiger partial charge in [0.05, 0.1) is 9.79 Å². The number of nitrogens with two attached hydrogens (primary N) is 1. The van der Waals surface area contributed by atoms with Crippen LogP contribution in [0.3, 0.4) is 0 Å². The summed E-state index contributed by atoms with van der Waals surface area (Å²) in [6.45, 7) is 0. The van der Waals surface area contributed by atoms with Gasteiger partial charge in [0.25, 0.3) is 0 Å². The van der Waals surface area contributed by atoms with Gasteiger partial charge in [-0.2, -0.15) is 0 Å². The van der Waals surface area contributed by atoms with Crippen molar-refractivity contribution >= 4 is 32.5 Å². The van der Waals surface area contributed by atoms with E-state index in [2.05, 4.69) is 9.44 Å². The molecule has 0 amide bonds. The zero-order valence-corrected chi connectivity index (χ0v) is 13.8. The van der Waals surface area contributed by atoms with Gasteiger partial charge in [-0.15, -0.1) is 12.4 Å². The van der Waals surface area contributed by atoms with Gasteiger partial charge in [0.1, 0.15) is 0 Å². The average Bonchev–Trinajstić information content (AvgIpc) is 2.37. The summed E-state index contributed by atoms with van der Waals surface area (Å²) in [7, 11) is -5.91. The standard InChI is InChI=1S/C11H17N3O4S2.ClH/c1-13-19(15,16)10-2-4-11(5-3-10)20(17,18)14-9-6-8(12)7-9;/h2-5,8-9,13-14H,6-7,12H2,1H3;1H. The quantitative estimate of drug-likeness (QED) is 0.675. The second-order valence-corrected chi connectivity index (χ2v) is 8.33. The van der Waals surface area contributed by atoms with E-state index in [1.165, 1.54) is 31.3 Å². The molecule has 0 bridgehead atoms. The maximum atomic E-state index is 12.1. The molecule has 7 nitrogen and oxygen atoms in total. The SMILES string of the molecule is CNS(=O)(=O)c1ccc(S(=O)(=O)NC2CC(N)C2)cc1.Cl. The van der Waals surface area contributed by atoms with Gasteiger partial charge in [0, 0.05) is 12.1 Å². The average molecular weight is 356 g/mol. The smallest absolute Gasteiger partial charge is 0.240 e. The highest BCUT2D eigenvalue weighted by atomic mass is 35.5. The molecule has 0 atom stereocenters. The second kappa shape index (κ2) is 6.59. The topological polar surface area (TPSA) is 118 Å². The van der Waals surface area contributed by atoms with Crippen molar-refractivity contribution in [2.75, 3.05) is 7.05 Å². The van der Waals surface area contributed by atoms with Crippen molar-refractivity contribution in [2.45, 2.75) is 34.7 Å². The van der Waals surface area contributed by atoms with Crippen molar-refractivity contribution < 1.29 is 16.8 Å². The lowest BCUT2D eigenvalue weighted by atomic mass is 9.89. The lowest BCUT2D eigenvalue weighted by Gasteiger charge is -2.32. The Kier molecular flexibility index (Phi) is 5.76. The minimum atomic E-state index is -3.63. The Morgan fingerprint density at radius 1 is 1.00 bits per heavy atom. The van der Waals surface area contributed by atoms with E-state index in [1.54, 1.807) is 0 Å². The summed E-state index contributed by atoms with van der Waals surface area (Å²) in [6, 6.07) is 4.96. The van der Waals surface area contributed by atoms with Crippen molar-refractivity contribution in [3.05, 3.63) is 24.3 Å². The zero-order chi connectivity index (χ0) is 15.0. The molecule has 120 valence electrons. The molecule has 0 aromatic heterocycles. The number of hydrogen-bond acceptors (Lipinski definition) is 5. The van der Waals surface area contributed by atoms with Crippen LogP contribution in [0.5, 0.6) is 0 Å². The van der Waals surface area contributed by atoms with Gasteiger partial charge in [-0.25, -0.2) is 26.3 Å². The van der Waals surface area contributed by atoms with Gasteiger partial charge in [-0.3, -0.25) is 0 Å². The largest absolute Gasteiger partial charge is 0.328 e. The molecule has 1 aliphatic rings. The third-order valence-electron chi connectivity index (χ3n) is 3.21. The van der Waals surface area contributed by atoms with Crippen LogP contribution >= 0.6 is 12.4 Å². The zero-order valence-electron chi connectivity index (χ0n) is 11.3. The summed E-state index contributed by atoms with van der Waals surface area (Å²) < 4.78 is 51.9. The fourth-order valence-electron chi connectivity index (χ4n) is 1.96. The molecule has 2 rings (SSSR count). The van der Waals surface area contributed by atoms with Gasteiger partial charge >= 0.3 is 0 Å². The Morgan fingerprint density at radius 3 is 1.81 bits per heavy atom. The number of rotatable bonds is 5. The monoisotopic (exact) mass is 355 g/mol. The van der Waals surface area contributed by atoms with Gasteiger partial charge in [0.2, 0.25) is 20.0 Å². The first-order valence-electron chi connectivity index (χ1n) is 6.06. The van der Waals surface area contributed by atoms with Crippen LogP contribution in [0.2, 0.25) is 0 Å². The van der Waals surface area contributed by atoms with E-state index in [0.717, 1.165) is 0 Å². The van der Waals surface area contributed by atoms with E-state index < -0.39 is 20.0 Å². The van der Waals surface area contributed by atoms with Gasteiger partial charge < -0.3 is 5.73 Å². The molecule has 1 fully saturated rings. The first kappa shape index (κ1) is 18.3. The second-order valence-electron chi connectivity index (χ2n) is 4.73. The van der Waals surface area contributed by atoms with Crippen molar-refractivity contribution in [1.29, 1.82) is 0 Å². The normalized spacial score (nSPS) is 22.2. The molecule has 0 radical (unpaired) electrons.